The van der Waals surface area contributed by atoms with Gasteiger partial charge >= 0.3 is 5.97 Å². The van der Waals surface area contributed by atoms with Crippen molar-refractivity contribution in [2.75, 3.05) is 19.7 Å². The SMILES string of the molecule is CCOC(=O)C1CCN(C(=O)C[C@@H](c2ccc(F)cc2)c2cn(Cc3ccc(C)cc3)c3ccccc23)CC1. The van der Waals surface area contributed by atoms with Crippen LogP contribution in [0, 0.1) is 18.7 Å². The number of nitrogens with zero attached hydrogens (tertiary/aromatic N) is 2. The number of ether oxygens (including phenoxy) is 1. The molecular weight excluding hydrogens is 491 g/mol. The molecule has 0 unspecified atom stereocenters. The van der Waals surface area contributed by atoms with Crippen molar-refractivity contribution < 1.29 is 18.7 Å². The van der Waals surface area contributed by atoms with Crippen molar-refractivity contribution in [2.24, 2.45) is 5.92 Å². The van der Waals surface area contributed by atoms with Crippen LogP contribution in [-0.2, 0) is 20.9 Å². The number of piperidine rings is 1. The molecule has 39 heavy (non-hydrogen) atoms. The number of aryl methyl sites for hydroxylation is 1. The number of amides is 1. The van der Waals surface area contributed by atoms with E-state index >= 15 is 0 Å². The molecule has 1 aliphatic rings. The first-order chi connectivity index (χ1) is 18.9. The second-order valence-electron chi connectivity index (χ2n) is 10.4. The average molecular weight is 527 g/mol. The summed E-state index contributed by atoms with van der Waals surface area (Å²) < 4.78 is 21.3. The zero-order valence-corrected chi connectivity index (χ0v) is 22.6. The molecule has 0 spiro atoms. The van der Waals surface area contributed by atoms with E-state index in [1.165, 1.54) is 23.3 Å². The second-order valence-corrected chi connectivity index (χ2v) is 10.4. The van der Waals surface area contributed by atoms with Gasteiger partial charge in [-0.05, 0) is 61.6 Å². The van der Waals surface area contributed by atoms with Gasteiger partial charge in [0.2, 0.25) is 5.91 Å². The zero-order valence-electron chi connectivity index (χ0n) is 22.6. The Morgan fingerprint density at radius 3 is 2.36 bits per heavy atom. The normalized spacial score (nSPS) is 14.9. The molecule has 0 aliphatic carbocycles. The maximum absolute atomic E-state index is 13.9. The summed E-state index contributed by atoms with van der Waals surface area (Å²) in [5, 5.41) is 1.09. The number of halogens is 1. The first-order valence-corrected chi connectivity index (χ1v) is 13.8. The minimum atomic E-state index is -0.299. The average Bonchev–Trinajstić information content (AvgIpc) is 3.31. The van der Waals surface area contributed by atoms with Crippen LogP contribution >= 0.6 is 0 Å². The van der Waals surface area contributed by atoms with E-state index < -0.39 is 0 Å². The van der Waals surface area contributed by atoms with Gasteiger partial charge in [-0.3, -0.25) is 9.59 Å². The molecule has 5 nitrogen and oxygen atoms in total. The number of rotatable bonds is 8. The molecule has 0 saturated carbocycles. The molecule has 1 fully saturated rings. The molecule has 1 aromatic heterocycles. The van der Waals surface area contributed by atoms with Gasteiger partial charge in [-0.2, -0.15) is 0 Å². The summed E-state index contributed by atoms with van der Waals surface area (Å²) >= 11 is 0. The highest BCUT2D eigenvalue weighted by Crippen LogP contribution is 2.36. The molecular formula is C33H35FN2O3. The van der Waals surface area contributed by atoms with Gasteiger partial charge in [0.25, 0.3) is 0 Å². The Bertz CT molecular complexity index is 1430. The van der Waals surface area contributed by atoms with E-state index in [1.54, 1.807) is 12.1 Å². The lowest BCUT2D eigenvalue weighted by Gasteiger charge is -2.32. The maximum atomic E-state index is 13.9. The van der Waals surface area contributed by atoms with Crippen molar-refractivity contribution in [3.05, 3.63) is 107 Å². The van der Waals surface area contributed by atoms with Crippen LogP contribution in [0.15, 0.2) is 79.0 Å². The summed E-state index contributed by atoms with van der Waals surface area (Å²) in [7, 11) is 0. The summed E-state index contributed by atoms with van der Waals surface area (Å²) in [4.78, 5) is 27.6. The molecule has 1 saturated heterocycles. The highest BCUT2D eigenvalue weighted by atomic mass is 19.1. The Kier molecular flexibility index (Phi) is 8.10. The van der Waals surface area contributed by atoms with Crippen LogP contribution in [0.25, 0.3) is 10.9 Å². The lowest BCUT2D eigenvalue weighted by Crippen LogP contribution is -2.41. The van der Waals surface area contributed by atoms with E-state index in [-0.39, 0.29) is 36.0 Å². The highest BCUT2D eigenvalue weighted by Gasteiger charge is 2.30. The van der Waals surface area contributed by atoms with Gasteiger partial charge < -0.3 is 14.2 Å². The van der Waals surface area contributed by atoms with Crippen LogP contribution in [0.2, 0.25) is 0 Å². The van der Waals surface area contributed by atoms with Crippen LogP contribution in [0.5, 0.6) is 0 Å². The fraction of sp³-hybridized carbons (Fsp3) is 0.333. The van der Waals surface area contributed by atoms with E-state index in [0.29, 0.717) is 39.1 Å². The monoisotopic (exact) mass is 526 g/mol. The fourth-order valence-electron chi connectivity index (χ4n) is 5.60. The van der Waals surface area contributed by atoms with Crippen LogP contribution in [0.4, 0.5) is 4.39 Å². The van der Waals surface area contributed by atoms with Gasteiger partial charge in [0.1, 0.15) is 5.82 Å². The first-order valence-electron chi connectivity index (χ1n) is 13.8. The van der Waals surface area contributed by atoms with Crippen molar-refractivity contribution in [3.63, 3.8) is 0 Å². The third-order valence-electron chi connectivity index (χ3n) is 7.79. The first kappa shape index (κ1) is 26.7. The quantitative estimate of drug-likeness (QED) is 0.248. The van der Waals surface area contributed by atoms with Gasteiger partial charge in [-0.1, -0.05) is 60.2 Å². The number of para-hydroxylation sites is 1. The van der Waals surface area contributed by atoms with E-state index in [1.807, 2.05) is 24.0 Å². The second kappa shape index (κ2) is 11.9. The molecule has 2 heterocycles. The molecule has 0 radical (unpaired) electrons. The number of benzene rings is 3. The topological polar surface area (TPSA) is 51.5 Å². The summed E-state index contributed by atoms with van der Waals surface area (Å²) in [5.74, 6) is -0.810. The summed E-state index contributed by atoms with van der Waals surface area (Å²) in [6.45, 7) is 6.04. The molecule has 3 aromatic carbocycles. The van der Waals surface area contributed by atoms with Crippen LogP contribution in [0.3, 0.4) is 0 Å². The highest BCUT2D eigenvalue weighted by molar-refractivity contribution is 5.87. The van der Waals surface area contributed by atoms with Gasteiger partial charge in [0.05, 0.1) is 12.5 Å². The number of hydrogen-bond donors (Lipinski definition) is 0. The summed E-state index contributed by atoms with van der Waals surface area (Å²) in [6.07, 6.45) is 3.65. The maximum Gasteiger partial charge on any atom is 0.309 e. The standard InChI is InChI=1S/C33H35FN2O3/c1-3-39-33(38)26-16-18-35(19-17-26)32(37)20-29(25-12-14-27(34)15-13-25)30-22-36(31-7-5-4-6-28(30)31)21-24-10-8-23(2)9-11-24/h4-15,22,26,29H,3,16-21H2,1-2H3/t29-/m0/s1. The smallest absolute Gasteiger partial charge is 0.309 e. The minimum absolute atomic E-state index is 0.0435. The molecule has 1 atom stereocenters. The summed E-state index contributed by atoms with van der Waals surface area (Å²) in [6, 6.07) is 23.3. The van der Waals surface area contributed by atoms with Crippen LogP contribution in [-0.4, -0.2) is 41.0 Å². The number of carbonyl (C=O) groups is 2. The minimum Gasteiger partial charge on any atom is -0.466 e. The van der Waals surface area contributed by atoms with Gasteiger partial charge in [0.15, 0.2) is 0 Å². The van der Waals surface area contributed by atoms with Gasteiger partial charge in [-0.15, -0.1) is 0 Å². The number of hydrogen-bond acceptors (Lipinski definition) is 3. The van der Waals surface area contributed by atoms with Crippen molar-refractivity contribution >= 4 is 22.8 Å². The van der Waals surface area contributed by atoms with E-state index in [2.05, 4.69) is 54.1 Å². The van der Waals surface area contributed by atoms with Crippen LogP contribution in [0.1, 0.15) is 54.4 Å². The lowest BCUT2D eigenvalue weighted by molar-refractivity contribution is -0.151. The number of esters is 1. The Labute approximate surface area is 229 Å². The lowest BCUT2D eigenvalue weighted by atomic mass is 9.87. The third kappa shape index (κ3) is 6.06. The fourth-order valence-corrected chi connectivity index (χ4v) is 5.60. The Balaban J connectivity index is 1.44. The molecule has 0 bridgehead atoms. The van der Waals surface area contributed by atoms with Crippen molar-refractivity contribution in [1.82, 2.24) is 9.47 Å². The third-order valence-corrected chi connectivity index (χ3v) is 7.79. The number of aromatic nitrogens is 1. The Morgan fingerprint density at radius 2 is 1.67 bits per heavy atom. The summed E-state index contributed by atoms with van der Waals surface area (Å²) in [5.41, 5.74) is 5.48. The molecule has 1 aliphatic heterocycles. The molecule has 4 aromatic rings. The van der Waals surface area contributed by atoms with Crippen molar-refractivity contribution in [2.45, 2.75) is 45.6 Å². The molecule has 5 rings (SSSR count). The predicted octanol–water partition coefficient (Wildman–Crippen LogP) is 6.46. The van der Waals surface area contributed by atoms with Gasteiger partial charge in [-0.25, -0.2) is 4.39 Å². The largest absolute Gasteiger partial charge is 0.466 e. The molecule has 6 heteroatoms. The Hall–Kier alpha value is -3.93. The Morgan fingerprint density at radius 1 is 0.974 bits per heavy atom. The molecule has 1 amide bonds. The van der Waals surface area contributed by atoms with Crippen LogP contribution < -0.4 is 0 Å². The van der Waals surface area contributed by atoms with Gasteiger partial charge in [0, 0.05) is 49.1 Å². The molecule has 0 N–H and O–H groups in total. The molecule has 202 valence electrons. The number of fused-ring (bicyclic) bond motifs is 1. The van der Waals surface area contributed by atoms with E-state index in [9.17, 15) is 14.0 Å². The van der Waals surface area contributed by atoms with Crippen molar-refractivity contribution in [3.8, 4) is 0 Å². The van der Waals surface area contributed by atoms with E-state index in [4.69, 9.17) is 4.74 Å². The predicted molar refractivity (Wildman–Crippen MR) is 151 cm³/mol. The zero-order chi connectivity index (χ0) is 27.4. The van der Waals surface area contributed by atoms with Crippen molar-refractivity contribution in [1.29, 1.82) is 0 Å². The number of carbonyl (C=O) groups excluding carboxylic acids is 2. The number of likely N-dealkylation sites (tertiary alicyclic amines) is 1. The van der Waals surface area contributed by atoms with E-state index in [0.717, 1.165) is 22.0 Å².